The zero-order valence-corrected chi connectivity index (χ0v) is 13.4. The molecular formula is C18H24N2S. The van der Waals surface area contributed by atoms with Crippen molar-refractivity contribution in [3.05, 3.63) is 40.7 Å². The summed E-state index contributed by atoms with van der Waals surface area (Å²) in [5, 5.41) is 6.89. The van der Waals surface area contributed by atoms with Gasteiger partial charge in [-0.25, -0.2) is 4.98 Å². The lowest BCUT2D eigenvalue weighted by Gasteiger charge is -2.08. The van der Waals surface area contributed by atoms with Crippen LogP contribution in [0.4, 0.5) is 0 Å². The van der Waals surface area contributed by atoms with E-state index in [4.69, 9.17) is 4.98 Å². The van der Waals surface area contributed by atoms with Crippen LogP contribution in [0.3, 0.4) is 0 Å². The highest BCUT2D eigenvalue weighted by atomic mass is 32.1. The van der Waals surface area contributed by atoms with Crippen LogP contribution in [0.5, 0.6) is 0 Å². The van der Waals surface area contributed by atoms with E-state index in [-0.39, 0.29) is 0 Å². The molecule has 0 radical (unpaired) electrons. The number of hydrogen-bond acceptors (Lipinski definition) is 3. The monoisotopic (exact) mass is 300 g/mol. The Balaban J connectivity index is 1.39. The lowest BCUT2D eigenvalue weighted by Crippen LogP contribution is -2.15. The second-order valence-electron chi connectivity index (χ2n) is 5.96. The Morgan fingerprint density at radius 3 is 2.76 bits per heavy atom. The van der Waals surface area contributed by atoms with Gasteiger partial charge >= 0.3 is 0 Å². The Morgan fingerprint density at radius 1 is 1.14 bits per heavy atom. The molecule has 0 spiro atoms. The van der Waals surface area contributed by atoms with Gasteiger partial charge in [-0.3, -0.25) is 0 Å². The number of hydrogen-bond donors (Lipinski definition) is 1. The number of nitrogens with zero attached hydrogens (tertiary/aromatic N) is 1. The predicted octanol–water partition coefficient (Wildman–Crippen LogP) is 4.87. The molecular weight excluding hydrogens is 276 g/mol. The summed E-state index contributed by atoms with van der Waals surface area (Å²) < 4.78 is 0. The highest BCUT2D eigenvalue weighted by Gasteiger charge is 2.13. The van der Waals surface area contributed by atoms with Gasteiger partial charge in [0.2, 0.25) is 0 Å². The van der Waals surface area contributed by atoms with Crippen LogP contribution < -0.4 is 5.32 Å². The van der Waals surface area contributed by atoms with Crippen molar-refractivity contribution in [2.24, 2.45) is 5.92 Å². The van der Waals surface area contributed by atoms with E-state index in [0.29, 0.717) is 0 Å². The highest BCUT2D eigenvalue weighted by molar-refractivity contribution is 7.09. The first-order valence-electron chi connectivity index (χ1n) is 8.12. The van der Waals surface area contributed by atoms with E-state index in [1.807, 2.05) is 6.07 Å². The van der Waals surface area contributed by atoms with Crippen molar-refractivity contribution < 1.29 is 0 Å². The molecule has 21 heavy (non-hydrogen) atoms. The summed E-state index contributed by atoms with van der Waals surface area (Å²) in [6, 6.07) is 10.4. The third-order valence-electron chi connectivity index (χ3n) is 4.34. The average molecular weight is 300 g/mol. The maximum absolute atomic E-state index is 4.71. The molecule has 1 aromatic heterocycles. The molecule has 0 aliphatic heterocycles. The van der Waals surface area contributed by atoms with E-state index in [2.05, 4.69) is 35.0 Å². The molecule has 3 rings (SSSR count). The minimum atomic E-state index is 0.905. The highest BCUT2D eigenvalue weighted by Crippen LogP contribution is 2.28. The zero-order chi connectivity index (χ0) is 14.3. The first kappa shape index (κ1) is 14.7. The molecule has 1 aliphatic carbocycles. The summed E-state index contributed by atoms with van der Waals surface area (Å²) in [5.74, 6) is 1.01. The first-order valence-corrected chi connectivity index (χ1v) is 9.00. The van der Waals surface area contributed by atoms with Crippen molar-refractivity contribution in [1.82, 2.24) is 10.3 Å². The van der Waals surface area contributed by atoms with Gasteiger partial charge in [0.15, 0.2) is 0 Å². The number of aromatic nitrogens is 1. The van der Waals surface area contributed by atoms with Gasteiger partial charge in [-0.05, 0) is 25.3 Å². The normalized spacial score (nSPS) is 15.6. The van der Waals surface area contributed by atoms with Gasteiger partial charge in [0, 0.05) is 17.5 Å². The van der Waals surface area contributed by atoms with E-state index in [9.17, 15) is 0 Å². The van der Waals surface area contributed by atoms with Gasteiger partial charge in [0.1, 0.15) is 5.01 Å². The smallest absolute Gasteiger partial charge is 0.107 e. The zero-order valence-electron chi connectivity index (χ0n) is 12.6. The first-order chi connectivity index (χ1) is 10.4. The summed E-state index contributed by atoms with van der Waals surface area (Å²) in [6.07, 6.45) is 8.56. The maximum atomic E-state index is 4.71. The quantitative estimate of drug-likeness (QED) is 0.738. The largest absolute Gasteiger partial charge is 0.310 e. The van der Waals surface area contributed by atoms with Crippen molar-refractivity contribution in [3.8, 4) is 11.3 Å². The van der Waals surface area contributed by atoms with Gasteiger partial charge in [0.05, 0.1) is 5.69 Å². The number of benzene rings is 1. The van der Waals surface area contributed by atoms with Crippen molar-refractivity contribution >= 4 is 11.3 Å². The third kappa shape index (κ3) is 4.39. The Labute approximate surface area is 131 Å². The topological polar surface area (TPSA) is 24.9 Å². The Hall–Kier alpha value is -1.19. The van der Waals surface area contributed by atoms with Crippen molar-refractivity contribution in [2.75, 3.05) is 6.54 Å². The fourth-order valence-electron chi connectivity index (χ4n) is 3.14. The molecule has 0 bridgehead atoms. The van der Waals surface area contributed by atoms with Gasteiger partial charge in [-0.2, -0.15) is 0 Å². The fourth-order valence-corrected chi connectivity index (χ4v) is 3.92. The molecule has 0 amide bonds. The van der Waals surface area contributed by atoms with Crippen LogP contribution in [0.15, 0.2) is 35.7 Å². The fraction of sp³-hybridized carbons (Fsp3) is 0.500. The van der Waals surface area contributed by atoms with E-state index >= 15 is 0 Å². The molecule has 1 N–H and O–H groups in total. The van der Waals surface area contributed by atoms with E-state index in [0.717, 1.165) is 24.7 Å². The number of thiazole rings is 1. The molecule has 2 nitrogen and oxygen atoms in total. The lowest BCUT2D eigenvalue weighted by atomic mass is 10.0. The summed E-state index contributed by atoms with van der Waals surface area (Å²) in [6.45, 7) is 2.03. The molecule has 112 valence electrons. The maximum Gasteiger partial charge on any atom is 0.107 e. The number of nitrogens with one attached hydrogen (secondary N) is 1. The minimum absolute atomic E-state index is 0.905. The SMILES string of the molecule is c1ccc(-c2csc(CNCCCC3CCCC3)n2)cc1. The second kappa shape index (κ2) is 7.71. The van der Waals surface area contributed by atoms with Crippen LogP contribution in [0.2, 0.25) is 0 Å². The molecule has 1 saturated carbocycles. The lowest BCUT2D eigenvalue weighted by molar-refractivity contribution is 0.470. The summed E-state index contributed by atoms with van der Waals surface area (Å²) >= 11 is 1.75. The van der Waals surface area contributed by atoms with Crippen molar-refractivity contribution in [1.29, 1.82) is 0 Å². The van der Waals surface area contributed by atoms with Gasteiger partial charge in [-0.1, -0.05) is 56.0 Å². The van der Waals surface area contributed by atoms with Crippen LogP contribution in [-0.4, -0.2) is 11.5 Å². The van der Waals surface area contributed by atoms with Gasteiger partial charge in [0.25, 0.3) is 0 Å². The van der Waals surface area contributed by atoms with Crippen LogP contribution in [-0.2, 0) is 6.54 Å². The molecule has 1 aromatic carbocycles. The standard InChI is InChI=1S/C18H24N2S/c1-2-10-16(11-3-1)17-14-21-18(20-17)13-19-12-6-9-15-7-4-5-8-15/h1-3,10-11,14-15,19H,4-9,12-13H2. The van der Waals surface area contributed by atoms with Crippen LogP contribution in [0, 0.1) is 5.92 Å². The summed E-state index contributed by atoms with van der Waals surface area (Å²) in [5.41, 5.74) is 2.31. The van der Waals surface area contributed by atoms with Gasteiger partial charge < -0.3 is 5.32 Å². The molecule has 2 aromatic rings. The Bertz CT molecular complexity index is 529. The minimum Gasteiger partial charge on any atom is -0.310 e. The third-order valence-corrected chi connectivity index (χ3v) is 5.19. The van der Waals surface area contributed by atoms with Crippen LogP contribution in [0.1, 0.15) is 43.5 Å². The average Bonchev–Trinajstić information content (AvgIpc) is 3.19. The molecule has 0 unspecified atom stereocenters. The molecule has 0 saturated heterocycles. The van der Waals surface area contributed by atoms with E-state index in [1.54, 1.807) is 11.3 Å². The van der Waals surface area contributed by atoms with Crippen molar-refractivity contribution in [3.63, 3.8) is 0 Å². The van der Waals surface area contributed by atoms with Gasteiger partial charge in [-0.15, -0.1) is 11.3 Å². The second-order valence-corrected chi connectivity index (χ2v) is 6.90. The Kier molecular flexibility index (Phi) is 5.41. The van der Waals surface area contributed by atoms with E-state index < -0.39 is 0 Å². The van der Waals surface area contributed by atoms with Crippen LogP contribution >= 0.6 is 11.3 Å². The molecule has 1 fully saturated rings. The van der Waals surface area contributed by atoms with Crippen LogP contribution in [0.25, 0.3) is 11.3 Å². The molecule has 0 atom stereocenters. The van der Waals surface area contributed by atoms with Crippen molar-refractivity contribution in [2.45, 2.75) is 45.1 Å². The summed E-state index contributed by atoms with van der Waals surface area (Å²) in [7, 11) is 0. The predicted molar refractivity (Wildman–Crippen MR) is 90.4 cm³/mol. The molecule has 1 aliphatic rings. The van der Waals surface area contributed by atoms with E-state index in [1.165, 1.54) is 49.1 Å². The molecule has 1 heterocycles. The molecule has 3 heteroatoms. The number of rotatable bonds is 7. The Morgan fingerprint density at radius 2 is 1.95 bits per heavy atom. The summed E-state index contributed by atoms with van der Waals surface area (Å²) in [4.78, 5) is 4.71.